The van der Waals surface area contributed by atoms with Crippen molar-refractivity contribution in [2.45, 2.75) is 5.92 Å². The Morgan fingerprint density at radius 2 is 2.04 bits per heavy atom. The van der Waals surface area contributed by atoms with Gasteiger partial charge in [0.1, 0.15) is 0 Å². The van der Waals surface area contributed by atoms with Crippen molar-refractivity contribution >= 4 is 27.5 Å². The number of carbonyl (C=O) groups is 1. The van der Waals surface area contributed by atoms with Gasteiger partial charge in [-0.2, -0.15) is 4.98 Å². The highest BCUT2D eigenvalue weighted by Crippen LogP contribution is 2.29. The molecule has 0 bridgehead atoms. The highest BCUT2D eigenvalue weighted by Gasteiger charge is 2.36. The Hall–Kier alpha value is -3.13. The van der Waals surface area contributed by atoms with E-state index in [1.807, 2.05) is 30.3 Å². The highest BCUT2D eigenvalue weighted by atomic mass is 32.1. The molecule has 0 N–H and O–H groups in total. The highest BCUT2D eigenvalue weighted by molar-refractivity contribution is 7.16. The molecule has 1 aliphatic heterocycles. The third kappa shape index (κ3) is 2.55. The molecule has 1 aromatic carbocycles. The van der Waals surface area contributed by atoms with E-state index in [9.17, 15) is 4.79 Å². The summed E-state index contributed by atoms with van der Waals surface area (Å²) in [7, 11) is 0. The van der Waals surface area contributed by atoms with Gasteiger partial charge in [0.15, 0.2) is 0 Å². The van der Waals surface area contributed by atoms with Crippen LogP contribution in [0, 0.1) is 0 Å². The number of fused-ring (bicyclic) bond motifs is 1. The van der Waals surface area contributed by atoms with Crippen LogP contribution in [0.15, 0.2) is 52.8 Å². The Morgan fingerprint density at radius 3 is 2.88 bits per heavy atom. The summed E-state index contributed by atoms with van der Waals surface area (Å²) in [5.74, 6) is 1.21. The van der Waals surface area contributed by atoms with Gasteiger partial charge in [0.25, 0.3) is 5.91 Å². The zero-order valence-corrected chi connectivity index (χ0v) is 14.4. The Balaban J connectivity index is 1.28. The number of hydrogen-bond acceptors (Lipinski definition) is 7. The molecule has 1 aliphatic rings. The van der Waals surface area contributed by atoms with E-state index in [2.05, 4.69) is 20.1 Å². The van der Waals surface area contributed by atoms with Gasteiger partial charge in [0.05, 0.1) is 21.6 Å². The van der Waals surface area contributed by atoms with E-state index in [0.717, 1.165) is 15.8 Å². The number of amides is 1. The first kappa shape index (κ1) is 15.2. The molecule has 128 valence electrons. The van der Waals surface area contributed by atoms with Gasteiger partial charge in [-0.05, 0) is 30.3 Å². The molecule has 3 aromatic heterocycles. The monoisotopic (exact) mass is 363 g/mol. The van der Waals surface area contributed by atoms with Crippen molar-refractivity contribution in [3.63, 3.8) is 0 Å². The summed E-state index contributed by atoms with van der Waals surface area (Å²) >= 11 is 1.53. The van der Waals surface area contributed by atoms with E-state index in [1.165, 1.54) is 11.3 Å². The zero-order valence-electron chi connectivity index (χ0n) is 13.6. The van der Waals surface area contributed by atoms with Gasteiger partial charge in [0.2, 0.25) is 11.7 Å². The lowest BCUT2D eigenvalue weighted by molar-refractivity contribution is 0.0569. The molecule has 8 heteroatoms. The molecule has 1 saturated heterocycles. The first-order valence-corrected chi connectivity index (χ1v) is 9.02. The predicted molar refractivity (Wildman–Crippen MR) is 95.8 cm³/mol. The van der Waals surface area contributed by atoms with Crippen LogP contribution in [0.1, 0.15) is 22.2 Å². The number of rotatable bonds is 3. The molecule has 26 heavy (non-hydrogen) atoms. The average molecular weight is 363 g/mol. The van der Waals surface area contributed by atoms with E-state index >= 15 is 0 Å². The lowest BCUT2D eigenvalue weighted by atomic mass is 9.98. The van der Waals surface area contributed by atoms with Crippen LogP contribution in [-0.4, -0.2) is 44.0 Å². The molecule has 4 heterocycles. The Morgan fingerprint density at radius 1 is 1.19 bits per heavy atom. The standard InChI is InChI=1S/C18H13N5O2S/c24-18(12-1-2-14-15(7-12)26-10-20-14)23-8-13(9-23)17-21-16(22-25-17)11-3-5-19-6-4-11/h1-7,10,13H,8-9H2. The number of aromatic nitrogens is 4. The minimum Gasteiger partial charge on any atom is -0.339 e. The molecular formula is C18H13N5O2S. The van der Waals surface area contributed by atoms with Crippen molar-refractivity contribution in [1.29, 1.82) is 0 Å². The summed E-state index contributed by atoms with van der Waals surface area (Å²) in [5.41, 5.74) is 4.25. The summed E-state index contributed by atoms with van der Waals surface area (Å²) < 4.78 is 6.40. The molecule has 7 nitrogen and oxygen atoms in total. The molecule has 0 aliphatic carbocycles. The van der Waals surface area contributed by atoms with Gasteiger partial charge in [-0.1, -0.05) is 5.16 Å². The Bertz CT molecular complexity index is 1090. The fourth-order valence-corrected chi connectivity index (χ4v) is 3.71. The van der Waals surface area contributed by atoms with Gasteiger partial charge in [-0.3, -0.25) is 9.78 Å². The van der Waals surface area contributed by atoms with Crippen LogP contribution in [0.25, 0.3) is 21.6 Å². The lowest BCUT2D eigenvalue weighted by Gasteiger charge is -2.37. The fraction of sp³-hybridized carbons (Fsp3) is 0.167. The molecule has 4 aromatic rings. The van der Waals surface area contributed by atoms with Crippen molar-refractivity contribution in [3.05, 3.63) is 59.7 Å². The first-order valence-electron chi connectivity index (χ1n) is 8.14. The largest absolute Gasteiger partial charge is 0.339 e. The number of carbonyl (C=O) groups excluding carboxylic acids is 1. The number of likely N-dealkylation sites (tertiary alicyclic amines) is 1. The maximum atomic E-state index is 12.6. The first-order chi connectivity index (χ1) is 12.8. The smallest absolute Gasteiger partial charge is 0.253 e. The van der Waals surface area contributed by atoms with E-state index < -0.39 is 0 Å². The molecule has 5 rings (SSSR count). The van der Waals surface area contributed by atoms with Crippen LogP contribution in [0.2, 0.25) is 0 Å². The molecule has 1 amide bonds. The molecular weight excluding hydrogens is 350 g/mol. The van der Waals surface area contributed by atoms with Crippen LogP contribution in [0.5, 0.6) is 0 Å². The number of nitrogens with zero attached hydrogens (tertiary/aromatic N) is 5. The summed E-state index contributed by atoms with van der Waals surface area (Å²) in [6.45, 7) is 1.16. The van der Waals surface area contributed by atoms with Crippen LogP contribution in [-0.2, 0) is 0 Å². The van der Waals surface area contributed by atoms with E-state index in [1.54, 1.807) is 22.8 Å². The van der Waals surface area contributed by atoms with Gasteiger partial charge in [-0.15, -0.1) is 11.3 Å². The fourth-order valence-electron chi connectivity index (χ4n) is 2.99. The zero-order chi connectivity index (χ0) is 17.5. The lowest BCUT2D eigenvalue weighted by Crippen LogP contribution is -2.48. The number of thiazole rings is 1. The Kier molecular flexibility index (Phi) is 3.49. The topological polar surface area (TPSA) is 85.0 Å². The van der Waals surface area contributed by atoms with Gasteiger partial charge < -0.3 is 9.42 Å². The number of benzene rings is 1. The molecule has 0 radical (unpaired) electrons. The summed E-state index contributed by atoms with van der Waals surface area (Å²) in [5, 5.41) is 4.02. The normalized spacial score (nSPS) is 14.5. The van der Waals surface area contributed by atoms with Crippen LogP contribution < -0.4 is 0 Å². The predicted octanol–water partition coefficient (Wildman–Crippen LogP) is 2.98. The summed E-state index contributed by atoms with van der Waals surface area (Å²) in [4.78, 5) is 27.1. The number of pyridine rings is 1. The SMILES string of the molecule is O=C(c1ccc2ncsc2c1)N1CC(c2nc(-c3ccncc3)no2)C1. The van der Waals surface area contributed by atoms with Crippen LogP contribution >= 0.6 is 11.3 Å². The van der Waals surface area contributed by atoms with Crippen LogP contribution in [0.3, 0.4) is 0 Å². The van der Waals surface area contributed by atoms with Crippen LogP contribution in [0.4, 0.5) is 0 Å². The van der Waals surface area contributed by atoms with E-state index in [4.69, 9.17) is 4.52 Å². The third-order valence-electron chi connectivity index (χ3n) is 4.48. The summed E-state index contributed by atoms with van der Waals surface area (Å²) in [6.07, 6.45) is 3.38. The van der Waals surface area contributed by atoms with Crippen molar-refractivity contribution < 1.29 is 9.32 Å². The average Bonchev–Trinajstić information content (AvgIpc) is 3.30. The van der Waals surface area contributed by atoms with Crippen molar-refractivity contribution in [2.75, 3.05) is 13.1 Å². The van der Waals surface area contributed by atoms with Crippen molar-refractivity contribution in [3.8, 4) is 11.4 Å². The Labute approximate surface area is 152 Å². The third-order valence-corrected chi connectivity index (χ3v) is 5.27. The summed E-state index contributed by atoms with van der Waals surface area (Å²) in [6, 6.07) is 9.28. The molecule has 0 saturated carbocycles. The van der Waals surface area contributed by atoms with E-state index in [0.29, 0.717) is 30.4 Å². The van der Waals surface area contributed by atoms with Gasteiger partial charge in [0, 0.05) is 36.6 Å². The van der Waals surface area contributed by atoms with Crippen molar-refractivity contribution in [1.82, 2.24) is 25.0 Å². The molecule has 0 atom stereocenters. The minimum absolute atomic E-state index is 0.0189. The molecule has 0 spiro atoms. The van der Waals surface area contributed by atoms with Crippen molar-refractivity contribution in [2.24, 2.45) is 0 Å². The molecule has 0 unspecified atom stereocenters. The van der Waals surface area contributed by atoms with E-state index in [-0.39, 0.29) is 11.8 Å². The van der Waals surface area contributed by atoms with Gasteiger partial charge in [-0.25, -0.2) is 4.98 Å². The minimum atomic E-state index is 0.0189. The quantitative estimate of drug-likeness (QED) is 0.556. The number of hydrogen-bond donors (Lipinski definition) is 0. The second-order valence-electron chi connectivity index (χ2n) is 6.13. The van der Waals surface area contributed by atoms with Gasteiger partial charge >= 0.3 is 0 Å². The second-order valence-corrected chi connectivity index (χ2v) is 7.02. The molecule has 1 fully saturated rings. The maximum Gasteiger partial charge on any atom is 0.253 e. The second kappa shape index (κ2) is 5.99. The maximum absolute atomic E-state index is 12.6.